The Morgan fingerprint density at radius 3 is 2.34 bits per heavy atom. The van der Waals surface area contributed by atoms with E-state index in [0.717, 1.165) is 5.56 Å². The first kappa shape index (κ1) is 39.0. The molecule has 0 radical (unpaired) electrons. The Labute approximate surface area is 317 Å². The summed E-state index contributed by atoms with van der Waals surface area (Å²) in [5.74, 6) is 0.0278. The van der Waals surface area contributed by atoms with Crippen molar-refractivity contribution in [2.75, 3.05) is 58.6 Å². The minimum Gasteiger partial charge on any atom is -0.495 e. The van der Waals surface area contributed by atoms with Crippen LogP contribution in [0.4, 0.5) is 11.6 Å². The molecule has 15 heteroatoms. The van der Waals surface area contributed by atoms with Gasteiger partial charge in [-0.25, -0.2) is 4.98 Å². The largest absolute Gasteiger partial charge is 0.495 e. The van der Waals surface area contributed by atoms with Crippen LogP contribution in [0.25, 0.3) is 22.2 Å². The molecule has 1 fully saturated rings. The van der Waals surface area contributed by atoms with E-state index in [1.54, 1.807) is 53.6 Å². The topological polar surface area (TPSA) is 148 Å². The maximum Gasteiger partial charge on any atom is 0.260 e. The summed E-state index contributed by atoms with van der Waals surface area (Å²) in [5.41, 5.74) is 1.55. The van der Waals surface area contributed by atoms with Crippen LogP contribution in [-0.2, 0) is 20.9 Å². The highest BCUT2D eigenvalue weighted by Gasteiger charge is 2.35. The van der Waals surface area contributed by atoms with Gasteiger partial charge >= 0.3 is 0 Å². The highest BCUT2D eigenvalue weighted by Crippen LogP contribution is 2.45. The van der Waals surface area contributed by atoms with Gasteiger partial charge in [-0.05, 0) is 43.9 Å². The number of carbonyl (C=O) groups is 3. The molecule has 0 bridgehead atoms. The smallest absolute Gasteiger partial charge is 0.260 e. The van der Waals surface area contributed by atoms with E-state index >= 15 is 0 Å². The Kier molecular flexibility index (Phi) is 12.5. The van der Waals surface area contributed by atoms with Crippen LogP contribution in [0.1, 0.15) is 18.9 Å². The lowest BCUT2D eigenvalue weighted by molar-refractivity contribution is -0.128. The minimum absolute atomic E-state index is 0.0743. The molecule has 1 aliphatic heterocycles. The number of hydrogen-bond donors (Lipinski definition) is 2. The molecular formula is C38H41Cl2N7O6. The van der Waals surface area contributed by atoms with E-state index in [-0.39, 0.29) is 81.1 Å². The van der Waals surface area contributed by atoms with Gasteiger partial charge in [-0.1, -0.05) is 48.0 Å². The lowest BCUT2D eigenvalue weighted by atomic mass is 9.97. The molecule has 5 rings (SSSR count). The zero-order valence-electron chi connectivity index (χ0n) is 30.1. The quantitative estimate of drug-likeness (QED) is 0.163. The Balaban J connectivity index is 1.58. The number of fused-ring (bicyclic) bond motifs is 1. The summed E-state index contributed by atoms with van der Waals surface area (Å²) in [4.78, 5) is 64.5. The Hall–Kier alpha value is -5.24. The fourth-order valence-corrected chi connectivity index (χ4v) is 6.82. The number of pyridine rings is 1. The van der Waals surface area contributed by atoms with Gasteiger partial charge in [0.1, 0.15) is 17.1 Å². The molecule has 0 aliphatic carbocycles. The average molecular weight is 763 g/mol. The van der Waals surface area contributed by atoms with Crippen LogP contribution >= 0.6 is 23.2 Å². The Bertz CT molecular complexity index is 2110. The number of hydrogen-bond acceptors (Lipinski definition) is 10. The molecule has 2 atom stereocenters. The first-order valence-electron chi connectivity index (χ1n) is 16.7. The molecule has 1 aliphatic rings. The van der Waals surface area contributed by atoms with E-state index in [9.17, 15) is 19.2 Å². The number of amides is 2. The highest BCUT2D eigenvalue weighted by molar-refractivity contribution is 6.41. The molecule has 0 saturated carbocycles. The predicted molar refractivity (Wildman–Crippen MR) is 207 cm³/mol. The van der Waals surface area contributed by atoms with Crippen molar-refractivity contribution in [3.8, 4) is 22.6 Å². The van der Waals surface area contributed by atoms with Crippen LogP contribution < -0.4 is 25.7 Å². The van der Waals surface area contributed by atoms with Crippen molar-refractivity contribution in [3.05, 3.63) is 93.4 Å². The van der Waals surface area contributed by atoms with Gasteiger partial charge in [-0.15, -0.1) is 0 Å². The lowest BCUT2D eigenvalue weighted by Gasteiger charge is -2.20. The fraction of sp³-hybridized carbons (Fsp3) is 0.316. The lowest BCUT2D eigenvalue weighted by Crippen LogP contribution is -2.32. The molecular weight excluding hydrogens is 721 g/mol. The molecule has 2 N–H and O–H groups in total. The van der Waals surface area contributed by atoms with Crippen molar-refractivity contribution in [1.82, 2.24) is 24.3 Å². The number of rotatable bonds is 14. The van der Waals surface area contributed by atoms with Crippen molar-refractivity contribution in [1.29, 1.82) is 0 Å². The van der Waals surface area contributed by atoms with Gasteiger partial charge in [0, 0.05) is 73.9 Å². The van der Waals surface area contributed by atoms with Crippen LogP contribution in [0.15, 0.2) is 72.2 Å². The molecule has 53 heavy (non-hydrogen) atoms. The number of likely N-dealkylation sites (N-methyl/N-ethyl adjacent to an activating group) is 1. The highest BCUT2D eigenvalue weighted by atomic mass is 35.5. The van der Waals surface area contributed by atoms with E-state index in [2.05, 4.69) is 22.2 Å². The number of aromatic nitrogens is 3. The van der Waals surface area contributed by atoms with E-state index in [1.165, 1.54) is 37.9 Å². The minimum atomic E-state index is -0.456. The summed E-state index contributed by atoms with van der Waals surface area (Å²) in [6.45, 7) is 6.51. The first-order valence-corrected chi connectivity index (χ1v) is 17.5. The SMILES string of the molecule is C=CC(=O)CC1CN(C(C)=O)CC1Nc1ncc2cc(-c3c(Cl)c(OC)cc(OC)c3Cl)c(=O)n(Cc3ccc(NC(=O)/C=C/CN(C)C)cc3)c2n1. The third-order valence-electron chi connectivity index (χ3n) is 8.86. The summed E-state index contributed by atoms with van der Waals surface area (Å²) in [7, 11) is 6.72. The molecule has 2 unspecified atom stereocenters. The number of carbonyl (C=O) groups excluding carboxylic acids is 3. The zero-order chi connectivity index (χ0) is 38.4. The molecule has 4 aromatic rings. The van der Waals surface area contributed by atoms with E-state index in [4.69, 9.17) is 37.7 Å². The molecule has 13 nitrogen and oxygen atoms in total. The summed E-state index contributed by atoms with van der Waals surface area (Å²) in [6, 6.07) is 9.92. The van der Waals surface area contributed by atoms with Crippen LogP contribution in [0.3, 0.4) is 0 Å². The molecule has 2 aromatic carbocycles. The number of nitrogens with one attached hydrogen (secondary N) is 2. The summed E-state index contributed by atoms with van der Waals surface area (Å²) < 4.78 is 12.4. The van der Waals surface area contributed by atoms with Gasteiger partial charge in [0.25, 0.3) is 5.56 Å². The van der Waals surface area contributed by atoms with Gasteiger partial charge in [0.15, 0.2) is 5.78 Å². The second-order valence-corrected chi connectivity index (χ2v) is 13.6. The maximum absolute atomic E-state index is 14.6. The van der Waals surface area contributed by atoms with Crippen molar-refractivity contribution < 1.29 is 23.9 Å². The van der Waals surface area contributed by atoms with Crippen molar-refractivity contribution in [2.45, 2.75) is 25.9 Å². The van der Waals surface area contributed by atoms with Crippen LogP contribution in [0.2, 0.25) is 10.0 Å². The second kappa shape index (κ2) is 17.1. The summed E-state index contributed by atoms with van der Waals surface area (Å²) in [6.07, 6.45) is 6.29. The number of allylic oxidation sites excluding steroid dienone is 1. The third kappa shape index (κ3) is 9.05. The second-order valence-electron chi connectivity index (χ2n) is 12.9. The molecule has 3 heterocycles. The number of likely N-dealkylation sites (tertiary alicyclic amines) is 1. The van der Waals surface area contributed by atoms with E-state index < -0.39 is 5.56 Å². The normalized spacial score (nSPS) is 15.6. The van der Waals surface area contributed by atoms with Crippen LogP contribution in [0.5, 0.6) is 11.5 Å². The van der Waals surface area contributed by atoms with Crippen LogP contribution in [-0.4, -0.2) is 95.9 Å². The Morgan fingerprint density at radius 1 is 1.06 bits per heavy atom. The number of ketones is 1. The van der Waals surface area contributed by atoms with Crippen molar-refractivity contribution in [3.63, 3.8) is 0 Å². The van der Waals surface area contributed by atoms with Gasteiger partial charge < -0.3 is 29.9 Å². The number of methoxy groups -OCH3 is 2. The average Bonchev–Trinajstić information content (AvgIpc) is 3.52. The number of nitrogens with zero attached hydrogens (tertiary/aromatic N) is 5. The Morgan fingerprint density at radius 2 is 1.74 bits per heavy atom. The molecule has 2 amide bonds. The monoisotopic (exact) mass is 761 g/mol. The van der Waals surface area contributed by atoms with Gasteiger partial charge in [-0.2, -0.15) is 4.98 Å². The predicted octanol–water partition coefficient (Wildman–Crippen LogP) is 5.29. The standard InChI is InChI=1S/C38H41Cl2N7O6/c1-7-27(49)15-25-20-46(22(2)48)21-29(25)43-38-41-18-24-16-28(33-34(39)30(52-5)17-31(53-6)35(33)40)37(51)47(36(24)44-38)19-23-10-12-26(13-11-23)42-32(50)9-8-14-45(3)4/h7-13,16-18,25,29H,1,14-15,19-21H2,2-6H3,(H,42,50)(H,41,43,44)/b9-8+. The fourth-order valence-electron chi connectivity index (χ4n) is 6.11. The maximum atomic E-state index is 14.6. The number of halogens is 2. The summed E-state index contributed by atoms with van der Waals surface area (Å²) >= 11 is 13.6. The van der Waals surface area contributed by atoms with Crippen LogP contribution in [0, 0.1) is 5.92 Å². The third-order valence-corrected chi connectivity index (χ3v) is 9.61. The van der Waals surface area contributed by atoms with Crippen molar-refractivity contribution >= 4 is 63.5 Å². The molecule has 0 spiro atoms. The number of anilines is 2. The summed E-state index contributed by atoms with van der Waals surface area (Å²) in [5, 5.41) is 6.89. The van der Waals surface area contributed by atoms with E-state index in [1.807, 2.05) is 19.0 Å². The van der Waals surface area contributed by atoms with Gasteiger partial charge in [-0.3, -0.25) is 23.7 Å². The van der Waals surface area contributed by atoms with E-state index in [0.29, 0.717) is 36.4 Å². The van der Waals surface area contributed by atoms with Gasteiger partial charge in [0.05, 0.1) is 42.4 Å². The molecule has 1 saturated heterocycles. The first-order chi connectivity index (χ1) is 25.3. The number of benzene rings is 2. The van der Waals surface area contributed by atoms with Gasteiger partial charge in [0.2, 0.25) is 17.8 Å². The zero-order valence-corrected chi connectivity index (χ0v) is 31.6. The molecule has 278 valence electrons. The molecule has 2 aromatic heterocycles. The number of ether oxygens (including phenoxy) is 2. The van der Waals surface area contributed by atoms with Crippen molar-refractivity contribution in [2.24, 2.45) is 5.92 Å².